The molecule has 2 amide bonds. The number of ether oxygens (including phenoxy) is 1. The maximum atomic E-state index is 13.9. The summed E-state index contributed by atoms with van der Waals surface area (Å²) in [6, 6.07) is 18.4. The highest BCUT2D eigenvalue weighted by molar-refractivity contribution is 7.90. The van der Waals surface area contributed by atoms with Crippen LogP contribution in [0.4, 0.5) is 17.2 Å². The minimum atomic E-state index is -4.61. The Hall–Kier alpha value is -6.07. The number of amides is 2. The predicted molar refractivity (Wildman–Crippen MR) is 234 cm³/mol. The van der Waals surface area contributed by atoms with Gasteiger partial charge in [0.2, 0.25) is 5.91 Å². The average molecular weight is 862 g/mol. The SMILES string of the molecule is CC(C)c1ccccc1[C@@H]1CCCN1C1CC2(CCN(c3cc(Oc4cnc5[nH]ccc5c4)c(C(=O)NS(=O)(=O)c4ccc(NCC5CCC(=O)N5)c([N+](=O)[O-])c4)cn3)CC2)C1. The highest BCUT2D eigenvalue weighted by Crippen LogP contribution is 2.54. The Labute approximate surface area is 360 Å². The molecule has 1 saturated carbocycles. The van der Waals surface area contributed by atoms with E-state index < -0.39 is 31.4 Å². The third-order valence-corrected chi connectivity index (χ3v) is 14.6. The second-order valence-corrected chi connectivity index (χ2v) is 19.2. The molecule has 62 heavy (non-hydrogen) atoms. The van der Waals surface area contributed by atoms with Crippen LogP contribution in [0.15, 0.2) is 84.1 Å². The molecular weight excluding hydrogens is 811 g/mol. The van der Waals surface area contributed by atoms with Gasteiger partial charge in [0.05, 0.1) is 16.0 Å². The number of fused-ring (bicyclic) bond motifs is 1. The number of carbonyl (C=O) groups is 2. The number of likely N-dealkylation sites (tertiary alicyclic amines) is 1. The van der Waals surface area contributed by atoms with Gasteiger partial charge in [0.15, 0.2) is 0 Å². The number of pyridine rings is 2. The number of piperidine rings is 1. The molecule has 1 spiro atoms. The van der Waals surface area contributed by atoms with Crippen molar-refractivity contribution in [3.05, 3.63) is 106 Å². The molecule has 3 saturated heterocycles. The largest absolute Gasteiger partial charge is 0.455 e. The van der Waals surface area contributed by atoms with Crippen molar-refractivity contribution in [2.45, 2.75) is 94.2 Å². The number of nitrogens with zero attached hydrogens (tertiary/aromatic N) is 5. The molecule has 1 unspecified atom stereocenters. The van der Waals surface area contributed by atoms with Gasteiger partial charge >= 0.3 is 0 Å². The van der Waals surface area contributed by atoms with Crippen molar-refractivity contribution in [3.8, 4) is 11.5 Å². The van der Waals surface area contributed by atoms with Crippen molar-refractivity contribution in [2.24, 2.45) is 5.41 Å². The first-order valence-corrected chi connectivity index (χ1v) is 22.9. The lowest BCUT2D eigenvalue weighted by atomic mass is 9.60. The van der Waals surface area contributed by atoms with E-state index in [1.807, 2.05) is 6.07 Å². The summed E-state index contributed by atoms with van der Waals surface area (Å²) >= 11 is 0. The number of sulfonamides is 1. The van der Waals surface area contributed by atoms with Crippen molar-refractivity contribution in [2.75, 3.05) is 36.4 Å². The van der Waals surface area contributed by atoms with Crippen molar-refractivity contribution in [1.29, 1.82) is 0 Å². The number of aromatic nitrogens is 3. The molecule has 5 aromatic rings. The second kappa shape index (κ2) is 16.7. The molecule has 3 aromatic heterocycles. The average Bonchev–Trinajstić information content (AvgIpc) is 4.03. The number of anilines is 2. The summed E-state index contributed by atoms with van der Waals surface area (Å²) in [4.78, 5) is 53.4. The topological polar surface area (TPSA) is 205 Å². The Balaban J connectivity index is 0.905. The van der Waals surface area contributed by atoms with Gasteiger partial charge in [0.1, 0.15) is 34.2 Å². The van der Waals surface area contributed by atoms with E-state index in [1.54, 1.807) is 18.3 Å². The minimum Gasteiger partial charge on any atom is -0.455 e. The molecule has 3 aliphatic heterocycles. The van der Waals surface area contributed by atoms with E-state index in [1.165, 1.54) is 61.3 Å². The lowest BCUT2D eigenvalue weighted by Crippen LogP contribution is -2.55. The number of carbonyl (C=O) groups excluding carboxylic acids is 2. The minimum absolute atomic E-state index is 0.0779. The van der Waals surface area contributed by atoms with Gasteiger partial charge in [-0.2, -0.15) is 0 Å². The van der Waals surface area contributed by atoms with Crippen molar-refractivity contribution >= 4 is 50.1 Å². The molecule has 4 N–H and O–H groups in total. The smallest absolute Gasteiger partial charge is 0.293 e. The van der Waals surface area contributed by atoms with Crippen LogP contribution >= 0.6 is 0 Å². The second-order valence-electron chi connectivity index (χ2n) is 17.5. The summed E-state index contributed by atoms with van der Waals surface area (Å²) in [5, 5.41) is 18.5. The number of H-pyrrole nitrogens is 1. The number of aromatic amines is 1. The molecule has 0 bridgehead atoms. The van der Waals surface area contributed by atoms with Crippen molar-refractivity contribution < 1.29 is 27.7 Å². The summed E-state index contributed by atoms with van der Waals surface area (Å²) in [6.07, 6.45) is 12.3. The van der Waals surface area contributed by atoms with Crippen LogP contribution in [0.3, 0.4) is 0 Å². The number of nitro benzene ring substituents is 1. The van der Waals surface area contributed by atoms with E-state index in [4.69, 9.17) is 4.74 Å². The number of nitro groups is 1. The fraction of sp³-hybridized carbons (Fsp3) is 0.422. The molecule has 17 heteroatoms. The zero-order valence-corrected chi connectivity index (χ0v) is 35.6. The van der Waals surface area contributed by atoms with Gasteiger partial charge in [-0.1, -0.05) is 38.1 Å². The lowest BCUT2D eigenvalue weighted by molar-refractivity contribution is -0.384. The Kier molecular flexibility index (Phi) is 11.1. The molecule has 324 valence electrons. The van der Waals surface area contributed by atoms with Crippen LogP contribution in [-0.2, 0) is 14.8 Å². The molecule has 2 atom stereocenters. The molecule has 4 aliphatic rings. The zero-order valence-electron chi connectivity index (χ0n) is 34.8. The normalized spacial score (nSPS) is 20.4. The van der Waals surface area contributed by atoms with Crippen LogP contribution in [0.5, 0.6) is 11.5 Å². The van der Waals surface area contributed by atoms with Gasteiger partial charge in [0, 0.05) is 74.1 Å². The van der Waals surface area contributed by atoms with Gasteiger partial charge < -0.3 is 25.3 Å². The van der Waals surface area contributed by atoms with Crippen LogP contribution in [0.1, 0.15) is 98.7 Å². The standard InChI is InChI=1S/C45H51N9O7S/c1-28(2)34-6-3-4-7-35(34)38-8-5-17-53(38)31-23-45(24-31)14-18-52(19-15-45)41-22-40(61-32-20-29-13-16-46-43(29)49-26-32)36(27-48-41)44(56)51-62(59,60)33-10-11-37(39(21-33)54(57)58)47-25-30-9-12-42(55)50-30/h3-4,6-7,10-11,13,16,20-22,26-28,30-31,38,47H,5,8-9,12,14-15,17-19,23-25H2,1-2H3,(H,46,49)(H,50,55)(H,51,56)/t30?,38-/m0/s1. The number of benzene rings is 2. The molecule has 2 aromatic carbocycles. The first-order valence-electron chi connectivity index (χ1n) is 21.4. The fourth-order valence-corrected chi connectivity index (χ4v) is 10.9. The first-order chi connectivity index (χ1) is 29.8. The summed E-state index contributed by atoms with van der Waals surface area (Å²) in [5.74, 6) is 0.370. The molecule has 16 nitrogen and oxygen atoms in total. The molecule has 6 heterocycles. The van der Waals surface area contributed by atoms with Crippen LogP contribution in [0, 0.1) is 15.5 Å². The Morgan fingerprint density at radius 2 is 1.84 bits per heavy atom. The van der Waals surface area contributed by atoms with Gasteiger partial charge in [-0.25, -0.2) is 23.1 Å². The fourth-order valence-electron chi connectivity index (χ4n) is 9.93. The maximum Gasteiger partial charge on any atom is 0.293 e. The van der Waals surface area contributed by atoms with Gasteiger partial charge in [0.25, 0.3) is 21.6 Å². The summed E-state index contributed by atoms with van der Waals surface area (Å²) < 4.78 is 35.6. The molecule has 4 fully saturated rings. The van der Waals surface area contributed by atoms with Gasteiger partial charge in [-0.15, -0.1) is 0 Å². The third-order valence-electron chi connectivity index (χ3n) is 13.3. The molecule has 1 aliphatic carbocycles. The Bertz CT molecular complexity index is 2630. The highest BCUT2D eigenvalue weighted by atomic mass is 32.2. The molecule has 9 rings (SSSR count). The highest BCUT2D eigenvalue weighted by Gasteiger charge is 2.50. The van der Waals surface area contributed by atoms with Crippen LogP contribution < -0.4 is 25.0 Å². The van der Waals surface area contributed by atoms with Crippen molar-refractivity contribution in [3.63, 3.8) is 0 Å². The Morgan fingerprint density at radius 3 is 2.60 bits per heavy atom. The summed E-state index contributed by atoms with van der Waals surface area (Å²) in [7, 11) is -4.61. The van der Waals surface area contributed by atoms with E-state index in [0.29, 0.717) is 48.1 Å². The molecular formula is C45H51N9O7S. The van der Waals surface area contributed by atoms with Gasteiger partial charge in [-0.3, -0.25) is 24.6 Å². The number of nitrogens with one attached hydrogen (secondary N) is 4. The molecule has 0 radical (unpaired) electrons. The van der Waals surface area contributed by atoms with E-state index in [9.17, 15) is 28.1 Å². The monoisotopic (exact) mass is 861 g/mol. The van der Waals surface area contributed by atoms with Crippen LogP contribution in [0.2, 0.25) is 0 Å². The quantitative estimate of drug-likeness (QED) is 0.0687. The lowest BCUT2D eigenvalue weighted by Gasteiger charge is -2.56. The van der Waals surface area contributed by atoms with Crippen LogP contribution in [-0.4, -0.2) is 83.3 Å². The van der Waals surface area contributed by atoms with E-state index >= 15 is 0 Å². The summed E-state index contributed by atoms with van der Waals surface area (Å²) in [5.41, 5.74) is 3.29. The number of hydrogen-bond acceptors (Lipinski definition) is 12. The van der Waals surface area contributed by atoms with E-state index in [2.05, 4.69) is 78.2 Å². The van der Waals surface area contributed by atoms with Crippen LogP contribution in [0.25, 0.3) is 11.0 Å². The first kappa shape index (κ1) is 41.3. The summed E-state index contributed by atoms with van der Waals surface area (Å²) in [6.45, 7) is 7.46. The Morgan fingerprint density at radius 1 is 1.03 bits per heavy atom. The number of rotatable bonds is 13. The predicted octanol–water partition coefficient (Wildman–Crippen LogP) is 7.18. The van der Waals surface area contributed by atoms with Gasteiger partial charge in [-0.05, 0) is 98.2 Å². The van der Waals surface area contributed by atoms with E-state index in [-0.39, 0.29) is 40.9 Å². The third kappa shape index (κ3) is 8.30. The number of hydrogen-bond donors (Lipinski definition) is 4. The zero-order chi connectivity index (χ0) is 43.2. The maximum absolute atomic E-state index is 13.9. The van der Waals surface area contributed by atoms with E-state index in [0.717, 1.165) is 43.9 Å². The van der Waals surface area contributed by atoms with Crippen molar-refractivity contribution in [1.82, 2.24) is 29.9 Å².